The van der Waals surface area contributed by atoms with Gasteiger partial charge >= 0.3 is 0 Å². The SMILES string of the molecule is Cc1cnc(C(=O)NC2C[C@H]3CC[C@@H](C2)N3C(=O)c2sccc2C)cn1. The van der Waals surface area contributed by atoms with Crippen molar-refractivity contribution in [3.63, 3.8) is 0 Å². The highest BCUT2D eigenvalue weighted by molar-refractivity contribution is 7.12. The largest absolute Gasteiger partial charge is 0.348 e. The van der Waals surface area contributed by atoms with Gasteiger partial charge in [0, 0.05) is 24.3 Å². The number of aromatic nitrogens is 2. The molecule has 26 heavy (non-hydrogen) atoms. The van der Waals surface area contributed by atoms with Crippen LogP contribution in [-0.4, -0.2) is 44.8 Å². The lowest BCUT2D eigenvalue weighted by Gasteiger charge is -2.39. The first kappa shape index (κ1) is 17.1. The van der Waals surface area contributed by atoms with Crippen LogP contribution in [-0.2, 0) is 0 Å². The molecule has 0 saturated carbocycles. The zero-order chi connectivity index (χ0) is 18.3. The van der Waals surface area contributed by atoms with Gasteiger partial charge in [-0.25, -0.2) is 4.98 Å². The van der Waals surface area contributed by atoms with Gasteiger partial charge < -0.3 is 10.2 Å². The Bertz CT molecular complexity index is 818. The Hall–Kier alpha value is -2.28. The maximum Gasteiger partial charge on any atom is 0.271 e. The second-order valence-corrected chi connectivity index (χ2v) is 8.13. The molecule has 2 saturated heterocycles. The summed E-state index contributed by atoms with van der Waals surface area (Å²) in [4.78, 5) is 36.6. The predicted molar refractivity (Wildman–Crippen MR) is 99.3 cm³/mol. The Labute approximate surface area is 156 Å². The minimum atomic E-state index is -0.184. The molecule has 6 nitrogen and oxygen atoms in total. The number of piperidine rings is 1. The number of carbonyl (C=O) groups is 2. The van der Waals surface area contributed by atoms with Crippen LogP contribution in [0.15, 0.2) is 23.8 Å². The molecule has 2 aromatic rings. The number of hydrogen-bond acceptors (Lipinski definition) is 5. The lowest BCUT2D eigenvalue weighted by atomic mass is 9.96. The van der Waals surface area contributed by atoms with Gasteiger partial charge in [0.05, 0.1) is 16.8 Å². The Balaban J connectivity index is 1.43. The first-order chi connectivity index (χ1) is 12.5. The molecule has 0 aliphatic carbocycles. The third kappa shape index (κ3) is 3.11. The van der Waals surface area contributed by atoms with E-state index in [9.17, 15) is 9.59 Å². The normalized spacial score (nSPS) is 24.5. The fourth-order valence-electron chi connectivity index (χ4n) is 4.10. The summed E-state index contributed by atoms with van der Waals surface area (Å²) >= 11 is 1.52. The smallest absolute Gasteiger partial charge is 0.271 e. The van der Waals surface area contributed by atoms with E-state index in [1.165, 1.54) is 17.5 Å². The topological polar surface area (TPSA) is 75.2 Å². The van der Waals surface area contributed by atoms with Crippen molar-refractivity contribution in [1.29, 1.82) is 0 Å². The van der Waals surface area contributed by atoms with Crippen LogP contribution in [0, 0.1) is 13.8 Å². The Morgan fingerprint density at radius 2 is 1.88 bits per heavy atom. The van der Waals surface area contributed by atoms with E-state index in [2.05, 4.69) is 20.2 Å². The van der Waals surface area contributed by atoms with Crippen molar-refractivity contribution in [2.45, 2.75) is 57.7 Å². The van der Waals surface area contributed by atoms with Gasteiger partial charge in [-0.3, -0.25) is 14.6 Å². The van der Waals surface area contributed by atoms with Crippen LogP contribution in [0.25, 0.3) is 0 Å². The summed E-state index contributed by atoms with van der Waals surface area (Å²) in [6.45, 7) is 3.83. The molecule has 0 aromatic carbocycles. The molecule has 1 unspecified atom stereocenters. The van der Waals surface area contributed by atoms with E-state index in [4.69, 9.17) is 0 Å². The van der Waals surface area contributed by atoms with E-state index in [0.717, 1.165) is 41.8 Å². The van der Waals surface area contributed by atoms with Crippen molar-refractivity contribution in [1.82, 2.24) is 20.2 Å². The second-order valence-electron chi connectivity index (χ2n) is 7.21. The molecule has 136 valence electrons. The van der Waals surface area contributed by atoms with E-state index < -0.39 is 0 Å². The van der Waals surface area contributed by atoms with Crippen molar-refractivity contribution >= 4 is 23.2 Å². The molecule has 3 atom stereocenters. The first-order valence-corrected chi connectivity index (χ1v) is 9.87. The average Bonchev–Trinajstić information content (AvgIpc) is 3.16. The zero-order valence-corrected chi connectivity index (χ0v) is 15.8. The molecule has 2 aliphatic rings. The fraction of sp³-hybridized carbons (Fsp3) is 0.474. The lowest BCUT2D eigenvalue weighted by Crippen LogP contribution is -2.52. The Kier molecular flexibility index (Phi) is 4.48. The number of aryl methyl sites for hydroxylation is 2. The molecule has 0 radical (unpaired) electrons. The molecule has 2 amide bonds. The maximum atomic E-state index is 13.0. The van der Waals surface area contributed by atoms with E-state index in [1.807, 2.05) is 25.3 Å². The second kappa shape index (κ2) is 6.79. The van der Waals surface area contributed by atoms with Crippen molar-refractivity contribution in [2.75, 3.05) is 0 Å². The number of fused-ring (bicyclic) bond motifs is 2. The Morgan fingerprint density at radius 3 is 2.46 bits per heavy atom. The summed E-state index contributed by atoms with van der Waals surface area (Å²) < 4.78 is 0. The van der Waals surface area contributed by atoms with E-state index in [1.54, 1.807) is 6.20 Å². The molecule has 2 fully saturated rings. The highest BCUT2D eigenvalue weighted by Gasteiger charge is 2.44. The van der Waals surface area contributed by atoms with Crippen LogP contribution >= 0.6 is 11.3 Å². The van der Waals surface area contributed by atoms with Crippen molar-refractivity contribution < 1.29 is 9.59 Å². The number of thiophene rings is 1. The molecular formula is C19H22N4O2S. The highest BCUT2D eigenvalue weighted by atomic mass is 32.1. The van der Waals surface area contributed by atoms with E-state index in [0.29, 0.717) is 5.69 Å². The van der Waals surface area contributed by atoms with Gasteiger partial charge in [0.1, 0.15) is 5.69 Å². The van der Waals surface area contributed by atoms with Crippen LogP contribution in [0.5, 0.6) is 0 Å². The lowest BCUT2D eigenvalue weighted by molar-refractivity contribution is 0.0553. The first-order valence-electron chi connectivity index (χ1n) is 8.99. The number of carbonyl (C=O) groups excluding carboxylic acids is 2. The fourth-order valence-corrected chi connectivity index (χ4v) is 4.97. The average molecular weight is 370 g/mol. The molecule has 7 heteroatoms. The zero-order valence-electron chi connectivity index (χ0n) is 14.9. The molecule has 4 heterocycles. The van der Waals surface area contributed by atoms with Gasteiger partial charge in [-0.05, 0) is 56.5 Å². The number of amides is 2. The summed E-state index contributed by atoms with van der Waals surface area (Å²) in [7, 11) is 0. The third-order valence-corrected chi connectivity index (χ3v) is 6.38. The molecule has 2 bridgehead atoms. The molecule has 2 aromatic heterocycles. The molecular weight excluding hydrogens is 348 g/mol. The molecule has 0 spiro atoms. The number of rotatable bonds is 3. The third-order valence-electron chi connectivity index (χ3n) is 5.37. The van der Waals surface area contributed by atoms with Gasteiger partial charge in [-0.2, -0.15) is 0 Å². The molecule has 4 rings (SSSR count). The summed E-state index contributed by atoms with van der Waals surface area (Å²) in [5, 5.41) is 5.06. The van der Waals surface area contributed by atoms with Crippen molar-refractivity contribution in [2.24, 2.45) is 0 Å². The Morgan fingerprint density at radius 1 is 1.15 bits per heavy atom. The quantitative estimate of drug-likeness (QED) is 0.901. The monoisotopic (exact) mass is 370 g/mol. The maximum absolute atomic E-state index is 13.0. The number of nitrogens with one attached hydrogen (secondary N) is 1. The molecule has 2 aliphatic heterocycles. The summed E-state index contributed by atoms with van der Waals surface area (Å²) in [5.74, 6) is -0.0324. The van der Waals surface area contributed by atoms with E-state index >= 15 is 0 Å². The van der Waals surface area contributed by atoms with E-state index in [-0.39, 0.29) is 29.9 Å². The summed E-state index contributed by atoms with van der Waals surface area (Å²) in [6.07, 6.45) is 6.74. The standard InChI is InChI=1S/C19H22N4O2S/c1-11-5-6-26-17(11)19(25)23-14-3-4-15(23)8-13(7-14)22-18(24)16-10-20-12(2)9-21-16/h5-6,9-10,13-15H,3-4,7-8H2,1-2H3,(H,22,24)/t13?,14-,15+. The van der Waals surface area contributed by atoms with Gasteiger partial charge in [-0.15, -0.1) is 11.3 Å². The van der Waals surface area contributed by atoms with Crippen LogP contribution in [0.1, 0.15) is 57.1 Å². The van der Waals surface area contributed by atoms with Crippen molar-refractivity contribution in [3.8, 4) is 0 Å². The van der Waals surface area contributed by atoms with Gasteiger partial charge in [-0.1, -0.05) is 0 Å². The minimum Gasteiger partial charge on any atom is -0.348 e. The predicted octanol–water partition coefficient (Wildman–Crippen LogP) is 2.72. The van der Waals surface area contributed by atoms with Gasteiger partial charge in [0.15, 0.2) is 0 Å². The van der Waals surface area contributed by atoms with Crippen molar-refractivity contribution in [3.05, 3.63) is 45.7 Å². The molecule has 1 N–H and O–H groups in total. The number of hydrogen-bond donors (Lipinski definition) is 1. The van der Waals surface area contributed by atoms with Crippen LogP contribution < -0.4 is 5.32 Å². The van der Waals surface area contributed by atoms with Gasteiger partial charge in [0.25, 0.3) is 11.8 Å². The van der Waals surface area contributed by atoms with Crippen LogP contribution in [0.2, 0.25) is 0 Å². The van der Waals surface area contributed by atoms with Crippen LogP contribution in [0.3, 0.4) is 0 Å². The minimum absolute atomic E-state index is 0.0802. The summed E-state index contributed by atoms with van der Waals surface area (Å²) in [5.41, 5.74) is 2.18. The van der Waals surface area contributed by atoms with Crippen LogP contribution in [0.4, 0.5) is 0 Å². The summed E-state index contributed by atoms with van der Waals surface area (Å²) in [6, 6.07) is 2.49. The number of nitrogens with zero attached hydrogens (tertiary/aromatic N) is 3. The van der Waals surface area contributed by atoms with Gasteiger partial charge in [0.2, 0.25) is 0 Å². The highest BCUT2D eigenvalue weighted by Crippen LogP contribution is 2.37.